The maximum atomic E-state index is 9.65. The topological polar surface area (TPSA) is 38.7 Å². The summed E-state index contributed by atoms with van der Waals surface area (Å²) in [6.07, 6.45) is 11.4. The maximum absolute atomic E-state index is 9.65. The average molecular weight is 327 g/mol. The summed E-state index contributed by atoms with van der Waals surface area (Å²) in [6, 6.07) is 0. The van der Waals surface area contributed by atoms with E-state index in [4.69, 9.17) is 9.47 Å². The Morgan fingerprint density at radius 1 is 0.913 bits per heavy atom. The summed E-state index contributed by atoms with van der Waals surface area (Å²) in [5, 5.41) is 9.65. The molecule has 1 atom stereocenters. The van der Waals surface area contributed by atoms with E-state index in [1.54, 1.807) is 0 Å². The van der Waals surface area contributed by atoms with Crippen molar-refractivity contribution >= 4 is 0 Å². The first-order valence-corrected chi connectivity index (χ1v) is 9.79. The zero-order chi connectivity index (χ0) is 16.9. The third-order valence-electron chi connectivity index (χ3n) is 6.78. The molecule has 3 nitrogen and oxygen atoms in total. The van der Waals surface area contributed by atoms with Gasteiger partial charge in [0, 0.05) is 7.11 Å². The van der Waals surface area contributed by atoms with E-state index in [0.29, 0.717) is 24.2 Å². The maximum Gasteiger partial charge on any atom is 0.0771 e. The van der Waals surface area contributed by atoms with Crippen LogP contribution in [-0.4, -0.2) is 37.1 Å². The lowest BCUT2D eigenvalue weighted by Gasteiger charge is -2.46. The number of hydrogen-bond donors (Lipinski definition) is 1. The van der Waals surface area contributed by atoms with Crippen LogP contribution in [0.5, 0.6) is 0 Å². The minimum absolute atomic E-state index is 0.292. The molecular weight excluding hydrogens is 288 g/mol. The highest BCUT2D eigenvalue weighted by molar-refractivity contribution is 4.91. The minimum Gasteiger partial charge on any atom is -0.391 e. The Labute approximate surface area is 143 Å². The molecule has 2 fully saturated rings. The van der Waals surface area contributed by atoms with Gasteiger partial charge in [0.05, 0.1) is 24.9 Å². The summed E-state index contributed by atoms with van der Waals surface area (Å²) in [4.78, 5) is 0. The largest absolute Gasteiger partial charge is 0.391 e. The second kappa shape index (κ2) is 8.82. The Kier molecular flexibility index (Phi) is 7.37. The van der Waals surface area contributed by atoms with Crippen molar-refractivity contribution in [2.45, 2.75) is 96.9 Å². The van der Waals surface area contributed by atoms with Crippen LogP contribution in [0.15, 0.2) is 0 Å². The molecule has 2 rings (SSSR count). The van der Waals surface area contributed by atoms with Crippen LogP contribution in [0.1, 0.15) is 78.6 Å². The highest BCUT2D eigenvalue weighted by Crippen LogP contribution is 2.48. The molecule has 0 radical (unpaired) electrons. The van der Waals surface area contributed by atoms with Gasteiger partial charge >= 0.3 is 0 Å². The fourth-order valence-electron chi connectivity index (χ4n) is 4.71. The van der Waals surface area contributed by atoms with Gasteiger partial charge in [0.2, 0.25) is 0 Å². The normalized spacial score (nSPS) is 34.3. The van der Waals surface area contributed by atoms with Gasteiger partial charge in [0.1, 0.15) is 0 Å². The van der Waals surface area contributed by atoms with Crippen molar-refractivity contribution in [1.82, 2.24) is 0 Å². The molecule has 0 aromatic heterocycles. The molecule has 3 heteroatoms. The monoisotopic (exact) mass is 326 g/mol. The molecule has 0 bridgehead atoms. The molecule has 1 unspecified atom stereocenters. The molecule has 23 heavy (non-hydrogen) atoms. The zero-order valence-corrected chi connectivity index (χ0v) is 15.7. The molecule has 1 N–H and O–H groups in total. The Morgan fingerprint density at radius 2 is 1.39 bits per heavy atom. The van der Waals surface area contributed by atoms with Crippen molar-refractivity contribution in [1.29, 1.82) is 0 Å². The molecule has 0 aromatic rings. The van der Waals surface area contributed by atoms with Gasteiger partial charge in [-0.3, -0.25) is 0 Å². The molecule has 0 spiro atoms. The van der Waals surface area contributed by atoms with Crippen LogP contribution >= 0.6 is 0 Å². The standard InChI is InChI=1S/C20H38O3/c1-5-17(21)14-23-19-12-8-16(9-13-19)20(2,3)15-6-10-18(22-4)11-7-15/h15-19,21H,5-14H2,1-4H3. The number of rotatable bonds is 7. The number of ether oxygens (including phenoxy) is 2. The van der Waals surface area contributed by atoms with Crippen LogP contribution in [0.25, 0.3) is 0 Å². The third-order valence-corrected chi connectivity index (χ3v) is 6.78. The van der Waals surface area contributed by atoms with Gasteiger partial charge < -0.3 is 14.6 Å². The number of aliphatic hydroxyl groups is 1. The van der Waals surface area contributed by atoms with E-state index in [1.165, 1.54) is 38.5 Å². The lowest BCUT2D eigenvalue weighted by atomic mass is 9.60. The van der Waals surface area contributed by atoms with Gasteiger partial charge in [-0.2, -0.15) is 0 Å². The van der Waals surface area contributed by atoms with Crippen LogP contribution in [0.2, 0.25) is 0 Å². The van der Waals surface area contributed by atoms with E-state index in [-0.39, 0.29) is 6.10 Å². The highest BCUT2D eigenvalue weighted by Gasteiger charge is 2.40. The van der Waals surface area contributed by atoms with Crippen LogP contribution in [0.4, 0.5) is 0 Å². The van der Waals surface area contributed by atoms with E-state index in [2.05, 4.69) is 13.8 Å². The van der Waals surface area contributed by atoms with Gasteiger partial charge in [-0.05, 0) is 75.0 Å². The zero-order valence-electron chi connectivity index (χ0n) is 15.7. The van der Waals surface area contributed by atoms with Crippen molar-refractivity contribution in [3.05, 3.63) is 0 Å². The Morgan fingerprint density at radius 3 is 1.83 bits per heavy atom. The van der Waals surface area contributed by atoms with E-state index >= 15 is 0 Å². The summed E-state index contributed by atoms with van der Waals surface area (Å²) in [6.45, 7) is 7.51. The molecule has 2 aliphatic carbocycles. The smallest absolute Gasteiger partial charge is 0.0771 e. The van der Waals surface area contributed by atoms with Crippen LogP contribution in [0, 0.1) is 17.3 Å². The van der Waals surface area contributed by atoms with Crippen molar-refractivity contribution in [2.75, 3.05) is 13.7 Å². The van der Waals surface area contributed by atoms with E-state index in [9.17, 15) is 5.11 Å². The number of hydrogen-bond acceptors (Lipinski definition) is 3. The second-order valence-corrected chi connectivity index (χ2v) is 8.40. The van der Waals surface area contributed by atoms with Crippen LogP contribution < -0.4 is 0 Å². The van der Waals surface area contributed by atoms with Gasteiger partial charge in [0.25, 0.3) is 0 Å². The Bertz CT molecular complexity index is 326. The first-order chi connectivity index (χ1) is 11.0. The highest BCUT2D eigenvalue weighted by atomic mass is 16.5. The summed E-state index contributed by atoms with van der Waals surface area (Å²) >= 11 is 0. The van der Waals surface area contributed by atoms with Gasteiger partial charge in [-0.1, -0.05) is 20.8 Å². The minimum atomic E-state index is -0.292. The van der Waals surface area contributed by atoms with Gasteiger partial charge in [-0.25, -0.2) is 0 Å². The number of methoxy groups -OCH3 is 1. The summed E-state index contributed by atoms with van der Waals surface area (Å²) < 4.78 is 11.4. The predicted molar refractivity (Wildman–Crippen MR) is 94.5 cm³/mol. The molecule has 0 heterocycles. The quantitative estimate of drug-likeness (QED) is 0.745. The molecule has 2 aliphatic rings. The average Bonchev–Trinajstić information content (AvgIpc) is 2.60. The second-order valence-electron chi connectivity index (χ2n) is 8.40. The molecule has 0 amide bonds. The molecule has 2 saturated carbocycles. The van der Waals surface area contributed by atoms with Crippen molar-refractivity contribution < 1.29 is 14.6 Å². The Hall–Kier alpha value is -0.120. The summed E-state index contributed by atoms with van der Waals surface area (Å²) in [5.74, 6) is 1.67. The van der Waals surface area contributed by atoms with Crippen molar-refractivity contribution in [3.8, 4) is 0 Å². The van der Waals surface area contributed by atoms with Crippen LogP contribution in [-0.2, 0) is 9.47 Å². The SMILES string of the molecule is CCC(O)COC1CCC(C(C)(C)C2CCC(OC)CC2)CC1. The van der Waals surface area contributed by atoms with Crippen molar-refractivity contribution in [2.24, 2.45) is 17.3 Å². The number of aliphatic hydroxyl groups excluding tert-OH is 1. The van der Waals surface area contributed by atoms with E-state index < -0.39 is 0 Å². The third kappa shape index (κ3) is 5.17. The molecule has 0 saturated heterocycles. The fourth-order valence-corrected chi connectivity index (χ4v) is 4.71. The summed E-state index contributed by atoms with van der Waals surface area (Å²) in [7, 11) is 1.85. The molecule has 0 aliphatic heterocycles. The predicted octanol–water partition coefficient (Wildman–Crippen LogP) is 4.56. The van der Waals surface area contributed by atoms with Crippen molar-refractivity contribution in [3.63, 3.8) is 0 Å². The molecule has 0 aromatic carbocycles. The first kappa shape index (κ1) is 19.2. The van der Waals surface area contributed by atoms with E-state index in [1.807, 2.05) is 14.0 Å². The van der Waals surface area contributed by atoms with Gasteiger partial charge in [0.15, 0.2) is 0 Å². The fraction of sp³-hybridized carbons (Fsp3) is 1.00. The molecule has 136 valence electrons. The Balaban J connectivity index is 1.77. The first-order valence-electron chi connectivity index (χ1n) is 9.79. The molecular formula is C20H38O3. The van der Waals surface area contributed by atoms with E-state index in [0.717, 1.165) is 31.1 Å². The van der Waals surface area contributed by atoms with Gasteiger partial charge in [-0.15, -0.1) is 0 Å². The lowest BCUT2D eigenvalue weighted by molar-refractivity contribution is -0.0504. The summed E-state index contributed by atoms with van der Waals surface area (Å²) in [5.41, 5.74) is 0.437. The van der Waals surface area contributed by atoms with Crippen LogP contribution in [0.3, 0.4) is 0 Å². The lowest BCUT2D eigenvalue weighted by Crippen LogP contribution is -2.39.